The van der Waals surface area contributed by atoms with Crippen LogP contribution in [0.25, 0.3) is 0 Å². The predicted octanol–water partition coefficient (Wildman–Crippen LogP) is 1.67. The van der Waals surface area contributed by atoms with Gasteiger partial charge >= 0.3 is 0 Å². The lowest BCUT2D eigenvalue weighted by molar-refractivity contribution is -0.0344. The molecule has 3 atom stereocenters. The summed E-state index contributed by atoms with van der Waals surface area (Å²) < 4.78 is 5.46. The van der Waals surface area contributed by atoms with Gasteiger partial charge in [0.15, 0.2) is 0 Å². The van der Waals surface area contributed by atoms with Gasteiger partial charge in [0.1, 0.15) is 0 Å². The molecule has 0 aromatic heterocycles. The van der Waals surface area contributed by atoms with Crippen molar-refractivity contribution in [1.29, 1.82) is 0 Å². The third-order valence-corrected chi connectivity index (χ3v) is 4.23. The molecule has 21 heavy (non-hydrogen) atoms. The monoisotopic (exact) mass is 292 g/mol. The Kier molecular flexibility index (Phi) is 6.64. The van der Waals surface area contributed by atoms with E-state index in [4.69, 9.17) is 4.74 Å². The number of aliphatic hydroxyl groups is 1. The molecule has 4 heteroatoms. The molecule has 1 aromatic rings. The van der Waals surface area contributed by atoms with Gasteiger partial charge in [-0.05, 0) is 18.0 Å². The van der Waals surface area contributed by atoms with Gasteiger partial charge in [-0.3, -0.25) is 4.90 Å². The van der Waals surface area contributed by atoms with Crippen molar-refractivity contribution >= 4 is 0 Å². The molecule has 0 aliphatic carbocycles. The van der Waals surface area contributed by atoms with Crippen molar-refractivity contribution in [3.05, 3.63) is 35.9 Å². The van der Waals surface area contributed by atoms with E-state index in [2.05, 4.69) is 54.4 Å². The van der Waals surface area contributed by atoms with E-state index in [1.807, 2.05) is 0 Å². The first-order chi connectivity index (χ1) is 10.3. The van der Waals surface area contributed by atoms with Crippen molar-refractivity contribution < 1.29 is 9.84 Å². The Morgan fingerprint density at radius 2 is 2.14 bits per heavy atom. The lowest BCUT2D eigenvalue weighted by Crippen LogP contribution is -2.50. The topological polar surface area (TPSA) is 44.7 Å². The van der Waals surface area contributed by atoms with Crippen molar-refractivity contribution in [2.75, 3.05) is 39.5 Å². The number of aliphatic hydroxyl groups excluding tert-OH is 1. The van der Waals surface area contributed by atoms with Crippen molar-refractivity contribution in [3.8, 4) is 0 Å². The van der Waals surface area contributed by atoms with Gasteiger partial charge in [-0.25, -0.2) is 0 Å². The van der Waals surface area contributed by atoms with Gasteiger partial charge in [0, 0.05) is 19.1 Å². The Morgan fingerprint density at radius 3 is 2.81 bits per heavy atom. The van der Waals surface area contributed by atoms with Crippen molar-refractivity contribution in [2.24, 2.45) is 5.92 Å². The summed E-state index contributed by atoms with van der Waals surface area (Å²) in [5.74, 6) is 0.472. The van der Waals surface area contributed by atoms with Crippen molar-refractivity contribution in [3.63, 3.8) is 0 Å². The van der Waals surface area contributed by atoms with Crippen molar-refractivity contribution in [1.82, 2.24) is 10.2 Å². The average molecular weight is 292 g/mol. The van der Waals surface area contributed by atoms with E-state index in [1.54, 1.807) is 0 Å². The van der Waals surface area contributed by atoms with Crippen LogP contribution in [0.15, 0.2) is 30.3 Å². The zero-order valence-corrected chi connectivity index (χ0v) is 13.2. The van der Waals surface area contributed by atoms with Gasteiger partial charge in [0.05, 0.1) is 25.9 Å². The summed E-state index contributed by atoms with van der Waals surface area (Å²) in [7, 11) is 0. The van der Waals surface area contributed by atoms with Gasteiger partial charge in [0.25, 0.3) is 0 Å². The summed E-state index contributed by atoms with van der Waals surface area (Å²) >= 11 is 0. The maximum atomic E-state index is 9.50. The second-order valence-corrected chi connectivity index (χ2v) is 5.83. The Bertz CT molecular complexity index is 399. The first kappa shape index (κ1) is 16.4. The molecule has 1 aromatic carbocycles. The standard InChI is InChI=1S/C17H28N2O2/c1-3-18-17(15-7-5-4-6-8-15)14(2)11-19-9-10-21-13-16(19)12-20/h4-8,14,16-18,20H,3,9-13H2,1-2H3. The summed E-state index contributed by atoms with van der Waals surface area (Å²) in [6.45, 7) is 8.84. The van der Waals surface area contributed by atoms with Crippen LogP contribution >= 0.6 is 0 Å². The highest BCUT2D eigenvalue weighted by Crippen LogP contribution is 2.24. The number of hydrogen-bond acceptors (Lipinski definition) is 4. The summed E-state index contributed by atoms with van der Waals surface area (Å²) in [6, 6.07) is 11.1. The first-order valence-electron chi connectivity index (χ1n) is 7.97. The largest absolute Gasteiger partial charge is 0.395 e. The molecular weight excluding hydrogens is 264 g/mol. The quantitative estimate of drug-likeness (QED) is 0.802. The molecule has 0 saturated carbocycles. The SMILES string of the molecule is CCNC(c1ccccc1)C(C)CN1CCOCC1CO. The molecular formula is C17H28N2O2. The van der Waals surface area contributed by atoms with Crippen LogP contribution in [-0.4, -0.2) is 55.5 Å². The van der Waals surface area contributed by atoms with E-state index in [0.29, 0.717) is 18.6 Å². The molecule has 1 aliphatic rings. The van der Waals surface area contributed by atoms with Gasteiger partial charge in [-0.2, -0.15) is 0 Å². The van der Waals surface area contributed by atoms with Crippen LogP contribution in [0.3, 0.4) is 0 Å². The number of nitrogens with zero attached hydrogens (tertiary/aromatic N) is 1. The number of ether oxygens (including phenoxy) is 1. The van der Waals surface area contributed by atoms with E-state index in [-0.39, 0.29) is 12.6 Å². The van der Waals surface area contributed by atoms with E-state index in [1.165, 1.54) is 5.56 Å². The molecule has 2 N–H and O–H groups in total. The minimum Gasteiger partial charge on any atom is -0.395 e. The molecule has 118 valence electrons. The zero-order valence-electron chi connectivity index (χ0n) is 13.2. The number of hydrogen-bond donors (Lipinski definition) is 2. The average Bonchev–Trinajstić information content (AvgIpc) is 2.53. The minimum absolute atomic E-state index is 0.138. The molecule has 0 spiro atoms. The van der Waals surface area contributed by atoms with Crippen molar-refractivity contribution in [2.45, 2.75) is 25.9 Å². The third-order valence-electron chi connectivity index (χ3n) is 4.23. The number of benzene rings is 1. The minimum atomic E-state index is 0.138. The second kappa shape index (κ2) is 8.49. The van der Waals surface area contributed by atoms with Gasteiger partial charge < -0.3 is 15.2 Å². The summed E-state index contributed by atoms with van der Waals surface area (Å²) in [5, 5.41) is 13.1. The molecule has 3 unspecified atom stereocenters. The fraction of sp³-hybridized carbons (Fsp3) is 0.647. The van der Waals surface area contributed by atoms with Gasteiger partial charge in [-0.1, -0.05) is 44.2 Å². The van der Waals surface area contributed by atoms with Crippen LogP contribution in [0.1, 0.15) is 25.5 Å². The molecule has 1 fully saturated rings. The van der Waals surface area contributed by atoms with Crippen LogP contribution in [0.4, 0.5) is 0 Å². The molecule has 1 saturated heterocycles. The first-order valence-corrected chi connectivity index (χ1v) is 7.97. The smallest absolute Gasteiger partial charge is 0.0644 e. The molecule has 1 heterocycles. The lowest BCUT2D eigenvalue weighted by atomic mass is 9.93. The van der Waals surface area contributed by atoms with Crippen LogP contribution in [0, 0.1) is 5.92 Å². The van der Waals surface area contributed by atoms with E-state index < -0.39 is 0 Å². The third kappa shape index (κ3) is 4.51. The Morgan fingerprint density at radius 1 is 1.38 bits per heavy atom. The molecule has 1 aliphatic heterocycles. The molecule has 4 nitrogen and oxygen atoms in total. The normalized spacial score (nSPS) is 22.9. The maximum absolute atomic E-state index is 9.50. The highest BCUT2D eigenvalue weighted by Gasteiger charge is 2.27. The lowest BCUT2D eigenvalue weighted by Gasteiger charge is -2.38. The number of nitrogens with one attached hydrogen (secondary N) is 1. The highest BCUT2D eigenvalue weighted by atomic mass is 16.5. The summed E-state index contributed by atoms with van der Waals surface area (Å²) in [4.78, 5) is 2.36. The molecule has 0 bridgehead atoms. The van der Waals surface area contributed by atoms with Gasteiger partial charge in [0.2, 0.25) is 0 Å². The molecule has 2 rings (SSSR count). The molecule has 0 radical (unpaired) electrons. The highest BCUT2D eigenvalue weighted by molar-refractivity contribution is 5.19. The fourth-order valence-electron chi connectivity index (χ4n) is 3.10. The second-order valence-electron chi connectivity index (χ2n) is 5.83. The predicted molar refractivity (Wildman–Crippen MR) is 85.3 cm³/mol. The van der Waals surface area contributed by atoms with Gasteiger partial charge in [-0.15, -0.1) is 0 Å². The van der Waals surface area contributed by atoms with Crippen LogP contribution in [0.2, 0.25) is 0 Å². The summed E-state index contributed by atoms with van der Waals surface area (Å²) in [5.41, 5.74) is 1.33. The van der Waals surface area contributed by atoms with E-state index in [9.17, 15) is 5.11 Å². The number of morpholine rings is 1. The Labute approximate surface area is 128 Å². The Balaban J connectivity index is 2.02. The van der Waals surface area contributed by atoms with E-state index >= 15 is 0 Å². The van der Waals surface area contributed by atoms with Crippen LogP contribution in [0.5, 0.6) is 0 Å². The number of rotatable bonds is 7. The Hall–Kier alpha value is -0.940. The molecule has 0 amide bonds. The van der Waals surface area contributed by atoms with Crippen LogP contribution in [-0.2, 0) is 4.74 Å². The maximum Gasteiger partial charge on any atom is 0.0644 e. The fourth-order valence-corrected chi connectivity index (χ4v) is 3.10. The van der Waals surface area contributed by atoms with E-state index in [0.717, 1.165) is 26.2 Å². The summed E-state index contributed by atoms with van der Waals surface area (Å²) in [6.07, 6.45) is 0. The van der Waals surface area contributed by atoms with Crippen LogP contribution < -0.4 is 5.32 Å². The zero-order chi connectivity index (χ0) is 15.1.